The Labute approximate surface area is 220 Å². The van der Waals surface area contributed by atoms with Crippen molar-refractivity contribution in [2.75, 3.05) is 11.5 Å². The third-order valence-corrected chi connectivity index (χ3v) is 6.18. The van der Waals surface area contributed by atoms with Gasteiger partial charge in [0.1, 0.15) is 0 Å². The normalized spacial score (nSPS) is 13.2. The minimum atomic E-state index is -1.05. The highest BCUT2D eigenvalue weighted by molar-refractivity contribution is 6.34. The van der Waals surface area contributed by atoms with Crippen molar-refractivity contribution in [3.8, 4) is 0 Å². The van der Waals surface area contributed by atoms with Gasteiger partial charge < -0.3 is 9.47 Å². The number of unbranched alkanes of at least 4 members (excludes halogenated alkanes) is 1. The molecule has 3 aromatic rings. The number of ether oxygens (including phenoxy) is 2. The van der Waals surface area contributed by atoms with Crippen molar-refractivity contribution >= 4 is 35.2 Å². The Balaban J connectivity index is 1.50. The van der Waals surface area contributed by atoms with Crippen LogP contribution in [0, 0.1) is 6.92 Å². The number of anilines is 1. The molecule has 1 aliphatic heterocycles. The van der Waals surface area contributed by atoms with Crippen LogP contribution in [0.3, 0.4) is 0 Å². The van der Waals surface area contributed by atoms with Gasteiger partial charge in [0.15, 0.2) is 6.10 Å². The lowest BCUT2D eigenvalue weighted by molar-refractivity contribution is 0.0318. The van der Waals surface area contributed by atoms with Crippen molar-refractivity contribution in [1.82, 2.24) is 0 Å². The van der Waals surface area contributed by atoms with Gasteiger partial charge in [0.25, 0.3) is 11.8 Å². The van der Waals surface area contributed by atoms with Gasteiger partial charge in [0, 0.05) is 5.56 Å². The Morgan fingerprint density at radius 3 is 2.18 bits per heavy atom. The monoisotopic (exact) mass is 513 g/mol. The summed E-state index contributed by atoms with van der Waals surface area (Å²) in [5, 5.41) is 0. The zero-order valence-electron chi connectivity index (χ0n) is 21.4. The molecule has 3 aromatic carbocycles. The molecule has 8 heteroatoms. The topological polar surface area (TPSA) is 107 Å². The number of Topliss-reactive ketones (excluding diaryl/α,β-unsaturated/α-hetero) is 1. The number of ketones is 1. The highest BCUT2D eigenvalue weighted by Crippen LogP contribution is 2.30. The van der Waals surface area contributed by atoms with Crippen LogP contribution < -0.4 is 4.90 Å². The molecule has 1 atom stereocenters. The number of aryl methyl sites for hydroxylation is 1. The van der Waals surface area contributed by atoms with Crippen LogP contribution in [0.25, 0.3) is 0 Å². The number of nitrogens with zero attached hydrogens (tertiary/aromatic N) is 1. The van der Waals surface area contributed by atoms with E-state index in [9.17, 15) is 24.0 Å². The maximum Gasteiger partial charge on any atom is 0.338 e. The second kappa shape index (κ2) is 11.2. The van der Waals surface area contributed by atoms with Crippen LogP contribution in [0.4, 0.5) is 5.69 Å². The van der Waals surface area contributed by atoms with Crippen molar-refractivity contribution in [2.45, 2.75) is 39.7 Å². The van der Waals surface area contributed by atoms with Crippen LogP contribution in [-0.2, 0) is 9.47 Å². The second-order valence-corrected chi connectivity index (χ2v) is 9.02. The second-order valence-electron chi connectivity index (χ2n) is 9.02. The number of esters is 2. The van der Waals surface area contributed by atoms with Gasteiger partial charge in [0.05, 0.1) is 34.5 Å². The molecule has 38 heavy (non-hydrogen) atoms. The van der Waals surface area contributed by atoms with E-state index in [0.717, 1.165) is 23.3 Å². The summed E-state index contributed by atoms with van der Waals surface area (Å²) in [5.74, 6) is -2.91. The fourth-order valence-corrected chi connectivity index (χ4v) is 4.00. The van der Waals surface area contributed by atoms with Crippen LogP contribution in [0.2, 0.25) is 0 Å². The lowest BCUT2D eigenvalue weighted by Gasteiger charge is -2.15. The summed E-state index contributed by atoms with van der Waals surface area (Å²) in [6, 6.07) is 17.0. The average Bonchev–Trinajstić information content (AvgIpc) is 3.17. The fourth-order valence-electron chi connectivity index (χ4n) is 4.00. The van der Waals surface area contributed by atoms with E-state index in [1.807, 2.05) is 13.8 Å². The number of benzene rings is 3. The van der Waals surface area contributed by atoms with Crippen molar-refractivity contribution in [3.05, 3.63) is 100 Å². The number of rotatable bonds is 9. The number of hydrogen-bond donors (Lipinski definition) is 0. The van der Waals surface area contributed by atoms with Gasteiger partial charge in [-0.15, -0.1) is 0 Å². The zero-order chi connectivity index (χ0) is 27.4. The van der Waals surface area contributed by atoms with Gasteiger partial charge in [-0.1, -0.05) is 49.2 Å². The molecule has 0 unspecified atom stereocenters. The smallest absolute Gasteiger partial charge is 0.338 e. The largest absolute Gasteiger partial charge is 0.462 e. The first-order valence-electron chi connectivity index (χ1n) is 12.3. The van der Waals surface area contributed by atoms with E-state index in [2.05, 4.69) is 0 Å². The lowest BCUT2D eigenvalue weighted by Crippen LogP contribution is -2.29. The first-order chi connectivity index (χ1) is 18.2. The molecule has 0 spiro atoms. The zero-order valence-corrected chi connectivity index (χ0v) is 21.4. The molecule has 1 heterocycles. The molecular weight excluding hydrogens is 486 g/mol. The van der Waals surface area contributed by atoms with E-state index >= 15 is 0 Å². The van der Waals surface area contributed by atoms with E-state index in [4.69, 9.17) is 9.47 Å². The molecule has 2 amide bonds. The van der Waals surface area contributed by atoms with Gasteiger partial charge in [-0.05, 0) is 56.7 Å². The number of imide groups is 1. The van der Waals surface area contributed by atoms with Crippen molar-refractivity contribution < 1.29 is 33.4 Å². The minimum Gasteiger partial charge on any atom is -0.462 e. The van der Waals surface area contributed by atoms with Crippen LogP contribution in [0.5, 0.6) is 0 Å². The minimum absolute atomic E-state index is 0.0258. The summed E-state index contributed by atoms with van der Waals surface area (Å²) in [7, 11) is 0. The van der Waals surface area contributed by atoms with Crippen LogP contribution in [0.1, 0.15) is 84.0 Å². The summed E-state index contributed by atoms with van der Waals surface area (Å²) < 4.78 is 10.6. The Bertz CT molecular complexity index is 1420. The number of amides is 2. The van der Waals surface area contributed by atoms with E-state index in [1.54, 1.807) is 36.4 Å². The third kappa shape index (κ3) is 5.39. The van der Waals surface area contributed by atoms with E-state index in [0.29, 0.717) is 5.56 Å². The predicted molar refractivity (Wildman–Crippen MR) is 140 cm³/mol. The summed E-state index contributed by atoms with van der Waals surface area (Å²) >= 11 is 0. The molecule has 0 radical (unpaired) electrons. The Morgan fingerprint density at radius 2 is 1.47 bits per heavy atom. The predicted octanol–water partition coefficient (Wildman–Crippen LogP) is 5.18. The van der Waals surface area contributed by atoms with Gasteiger partial charge in [-0.2, -0.15) is 0 Å². The van der Waals surface area contributed by atoms with Crippen molar-refractivity contribution in [1.29, 1.82) is 0 Å². The maximum atomic E-state index is 13.2. The molecule has 0 saturated carbocycles. The number of carbonyl (C=O) groups is 5. The van der Waals surface area contributed by atoms with Crippen LogP contribution in [-0.4, -0.2) is 42.2 Å². The Morgan fingerprint density at radius 1 is 0.816 bits per heavy atom. The summed E-state index contributed by atoms with van der Waals surface area (Å²) in [5.41, 5.74) is 2.01. The first-order valence-corrected chi connectivity index (χ1v) is 12.3. The molecule has 194 valence electrons. The average molecular weight is 514 g/mol. The SMILES string of the molecule is CCCCOC(=O)c1cccc(N2C(=O)c3ccc(C(=O)O[C@H](C)C(=O)c4ccc(C)cc4)cc3C2=O)c1. The Hall–Kier alpha value is -4.59. The van der Waals surface area contributed by atoms with Crippen LogP contribution in [0.15, 0.2) is 66.7 Å². The third-order valence-electron chi connectivity index (χ3n) is 6.18. The molecule has 1 aliphatic rings. The number of carbonyl (C=O) groups excluding carboxylic acids is 5. The lowest BCUT2D eigenvalue weighted by atomic mass is 10.0. The number of hydrogen-bond acceptors (Lipinski definition) is 7. The molecule has 0 bridgehead atoms. The molecule has 4 rings (SSSR count). The molecule has 0 fully saturated rings. The molecule has 0 aliphatic carbocycles. The highest BCUT2D eigenvalue weighted by atomic mass is 16.5. The van der Waals surface area contributed by atoms with Gasteiger partial charge in [-0.25, -0.2) is 14.5 Å². The molecule has 0 N–H and O–H groups in total. The summed E-state index contributed by atoms with van der Waals surface area (Å²) in [6.07, 6.45) is 0.556. The van der Waals surface area contributed by atoms with Crippen LogP contribution >= 0.6 is 0 Å². The van der Waals surface area contributed by atoms with Gasteiger partial charge in [-0.3, -0.25) is 14.4 Å². The number of fused-ring (bicyclic) bond motifs is 1. The summed E-state index contributed by atoms with van der Waals surface area (Å²) in [6.45, 7) is 5.64. The highest BCUT2D eigenvalue weighted by Gasteiger charge is 2.37. The Kier molecular flexibility index (Phi) is 7.81. The first kappa shape index (κ1) is 26.5. The molecule has 0 aromatic heterocycles. The van der Waals surface area contributed by atoms with Crippen molar-refractivity contribution in [2.24, 2.45) is 0 Å². The van der Waals surface area contributed by atoms with E-state index in [-0.39, 0.29) is 40.3 Å². The van der Waals surface area contributed by atoms with E-state index < -0.39 is 29.9 Å². The standard InChI is InChI=1S/C30H27NO7/c1-4-5-15-37-29(35)21-7-6-8-23(16-21)31-27(33)24-14-13-22(17-25(24)28(31)34)30(36)38-19(3)26(32)20-11-9-18(2)10-12-20/h6-14,16-17,19H,4-5,15H2,1-3H3/t19-/m1/s1. The molecule has 0 saturated heterocycles. The van der Waals surface area contributed by atoms with E-state index in [1.165, 1.54) is 37.3 Å². The fraction of sp³-hybridized carbons (Fsp3) is 0.233. The molecular formula is C30H27NO7. The van der Waals surface area contributed by atoms with Gasteiger partial charge in [0.2, 0.25) is 5.78 Å². The summed E-state index contributed by atoms with van der Waals surface area (Å²) in [4.78, 5) is 65.0. The molecule has 8 nitrogen and oxygen atoms in total. The van der Waals surface area contributed by atoms with Crippen molar-refractivity contribution in [3.63, 3.8) is 0 Å². The maximum absolute atomic E-state index is 13.2. The van der Waals surface area contributed by atoms with Gasteiger partial charge >= 0.3 is 11.9 Å². The quantitative estimate of drug-likeness (QED) is 0.168.